The fourth-order valence-corrected chi connectivity index (χ4v) is 1.00. The average molecular weight is 204 g/mol. The molecular weight excluding hydrogens is 188 g/mol. The number of hydrogen-bond acceptors (Lipinski definition) is 4. The minimum absolute atomic E-state index is 0.0417. The number of methoxy groups -OCH3 is 1. The SMILES string of the molecule is COCC(C)(NC(C)C(N)=O)C(=O)O. The minimum Gasteiger partial charge on any atom is -0.480 e. The summed E-state index contributed by atoms with van der Waals surface area (Å²) in [7, 11) is 1.39. The molecule has 82 valence electrons. The number of carbonyl (C=O) groups is 2. The second-order valence-electron chi connectivity index (χ2n) is 3.34. The molecule has 0 spiro atoms. The van der Waals surface area contributed by atoms with Crippen LogP contribution in [-0.2, 0) is 14.3 Å². The second kappa shape index (κ2) is 4.92. The molecule has 14 heavy (non-hydrogen) atoms. The number of primary amides is 1. The Morgan fingerprint density at radius 2 is 2.14 bits per heavy atom. The summed E-state index contributed by atoms with van der Waals surface area (Å²) in [6.07, 6.45) is 0. The molecule has 2 atom stereocenters. The Morgan fingerprint density at radius 3 is 2.43 bits per heavy atom. The summed E-state index contributed by atoms with van der Waals surface area (Å²) in [5.41, 5.74) is 3.70. The van der Waals surface area contributed by atoms with Gasteiger partial charge >= 0.3 is 5.97 Å². The number of ether oxygens (including phenoxy) is 1. The van der Waals surface area contributed by atoms with Crippen LogP contribution in [0.5, 0.6) is 0 Å². The van der Waals surface area contributed by atoms with Crippen molar-refractivity contribution in [2.75, 3.05) is 13.7 Å². The average Bonchev–Trinajstić information content (AvgIpc) is 2.03. The van der Waals surface area contributed by atoms with Crippen LogP contribution in [0, 0.1) is 0 Å². The first-order valence-corrected chi connectivity index (χ1v) is 4.13. The van der Waals surface area contributed by atoms with E-state index in [4.69, 9.17) is 15.6 Å². The fraction of sp³-hybridized carbons (Fsp3) is 0.750. The highest BCUT2D eigenvalue weighted by molar-refractivity contribution is 5.83. The number of carbonyl (C=O) groups excluding carboxylic acids is 1. The highest BCUT2D eigenvalue weighted by Crippen LogP contribution is 2.06. The molecule has 0 heterocycles. The van der Waals surface area contributed by atoms with Crippen LogP contribution in [0.2, 0.25) is 0 Å². The maximum Gasteiger partial charge on any atom is 0.326 e. The molecule has 0 saturated heterocycles. The van der Waals surface area contributed by atoms with Crippen molar-refractivity contribution in [2.45, 2.75) is 25.4 Å². The Balaban J connectivity index is 4.52. The van der Waals surface area contributed by atoms with Crippen molar-refractivity contribution in [3.63, 3.8) is 0 Å². The van der Waals surface area contributed by atoms with Gasteiger partial charge in [0, 0.05) is 7.11 Å². The van der Waals surface area contributed by atoms with Crippen LogP contribution in [-0.4, -0.2) is 42.3 Å². The monoisotopic (exact) mass is 204 g/mol. The summed E-state index contributed by atoms with van der Waals surface area (Å²) in [6.45, 7) is 2.89. The number of aliphatic carboxylic acids is 1. The van der Waals surface area contributed by atoms with Crippen molar-refractivity contribution in [2.24, 2.45) is 5.73 Å². The summed E-state index contributed by atoms with van der Waals surface area (Å²) in [6, 6.07) is -0.716. The van der Waals surface area contributed by atoms with Gasteiger partial charge in [-0.05, 0) is 13.8 Å². The molecule has 0 aromatic heterocycles. The zero-order chi connectivity index (χ0) is 11.4. The van der Waals surface area contributed by atoms with Crippen LogP contribution in [0.25, 0.3) is 0 Å². The lowest BCUT2D eigenvalue weighted by molar-refractivity contribution is -0.147. The topological polar surface area (TPSA) is 102 Å². The maximum absolute atomic E-state index is 10.9. The number of carboxylic acid groups (broad SMARTS) is 1. The van der Waals surface area contributed by atoms with Gasteiger partial charge in [0.25, 0.3) is 0 Å². The van der Waals surface area contributed by atoms with E-state index in [1.807, 2.05) is 0 Å². The quantitative estimate of drug-likeness (QED) is 0.512. The van der Waals surface area contributed by atoms with Gasteiger partial charge in [-0.1, -0.05) is 0 Å². The van der Waals surface area contributed by atoms with Crippen LogP contribution >= 0.6 is 0 Å². The van der Waals surface area contributed by atoms with E-state index in [0.717, 1.165) is 0 Å². The molecule has 2 unspecified atom stereocenters. The maximum atomic E-state index is 10.9. The van der Waals surface area contributed by atoms with Crippen LogP contribution in [0.3, 0.4) is 0 Å². The van der Waals surface area contributed by atoms with Crippen LogP contribution < -0.4 is 11.1 Å². The lowest BCUT2D eigenvalue weighted by Crippen LogP contribution is -2.58. The van der Waals surface area contributed by atoms with Gasteiger partial charge < -0.3 is 15.6 Å². The number of hydrogen-bond donors (Lipinski definition) is 3. The molecule has 0 rings (SSSR count). The molecule has 0 aromatic rings. The zero-order valence-electron chi connectivity index (χ0n) is 8.53. The molecule has 0 fully saturated rings. The number of carboxylic acids is 1. The summed E-state index contributed by atoms with van der Waals surface area (Å²) in [5, 5.41) is 11.5. The highest BCUT2D eigenvalue weighted by Gasteiger charge is 2.35. The van der Waals surface area contributed by atoms with E-state index < -0.39 is 23.5 Å². The molecule has 1 amide bonds. The summed E-state index contributed by atoms with van der Waals surface area (Å²) in [5.74, 6) is -1.69. The van der Waals surface area contributed by atoms with Gasteiger partial charge in [0.1, 0.15) is 5.54 Å². The first-order chi connectivity index (χ1) is 6.33. The minimum atomic E-state index is -1.30. The van der Waals surface area contributed by atoms with Crippen molar-refractivity contribution in [3.8, 4) is 0 Å². The standard InChI is InChI=1S/C8H16N2O4/c1-5(6(9)11)10-8(2,4-14-3)7(12)13/h5,10H,4H2,1-3H3,(H2,9,11)(H,12,13). The summed E-state index contributed by atoms with van der Waals surface area (Å²) < 4.78 is 4.75. The molecule has 0 aliphatic rings. The van der Waals surface area contributed by atoms with Crippen LogP contribution in [0.15, 0.2) is 0 Å². The van der Waals surface area contributed by atoms with Crippen molar-refractivity contribution in [3.05, 3.63) is 0 Å². The van der Waals surface area contributed by atoms with Crippen LogP contribution in [0.1, 0.15) is 13.8 Å². The molecule has 6 heteroatoms. The Kier molecular flexibility index (Phi) is 4.52. The lowest BCUT2D eigenvalue weighted by atomic mass is 10.0. The molecule has 0 radical (unpaired) electrons. The Bertz CT molecular complexity index is 231. The number of rotatable bonds is 6. The van der Waals surface area contributed by atoms with Crippen molar-refractivity contribution < 1.29 is 19.4 Å². The van der Waals surface area contributed by atoms with Crippen molar-refractivity contribution in [1.82, 2.24) is 5.32 Å². The van der Waals surface area contributed by atoms with Gasteiger partial charge in [-0.2, -0.15) is 0 Å². The third kappa shape index (κ3) is 3.31. The van der Waals surface area contributed by atoms with Gasteiger partial charge in [-0.15, -0.1) is 0 Å². The second-order valence-corrected chi connectivity index (χ2v) is 3.34. The largest absolute Gasteiger partial charge is 0.480 e. The van der Waals surface area contributed by atoms with Gasteiger partial charge in [-0.25, -0.2) is 0 Å². The molecule has 4 N–H and O–H groups in total. The predicted octanol–water partition coefficient (Wildman–Crippen LogP) is -1.06. The van der Waals surface area contributed by atoms with E-state index in [0.29, 0.717) is 0 Å². The molecule has 0 saturated carbocycles. The highest BCUT2D eigenvalue weighted by atomic mass is 16.5. The van der Waals surface area contributed by atoms with E-state index in [9.17, 15) is 9.59 Å². The lowest BCUT2D eigenvalue weighted by Gasteiger charge is -2.27. The fourth-order valence-electron chi connectivity index (χ4n) is 1.00. The van der Waals surface area contributed by atoms with E-state index in [1.165, 1.54) is 21.0 Å². The number of amides is 1. The summed E-state index contributed by atoms with van der Waals surface area (Å²) >= 11 is 0. The first kappa shape index (κ1) is 12.9. The Morgan fingerprint density at radius 1 is 1.64 bits per heavy atom. The van der Waals surface area contributed by atoms with Crippen molar-refractivity contribution >= 4 is 11.9 Å². The Labute approximate surface area is 82.4 Å². The zero-order valence-corrected chi connectivity index (χ0v) is 8.53. The third-order valence-electron chi connectivity index (χ3n) is 1.87. The first-order valence-electron chi connectivity index (χ1n) is 4.13. The van der Waals surface area contributed by atoms with Crippen LogP contribution in [0.4, 0.5) is 0 Å². The van der Waals surface area contributed by atoms with E-state index >= 15 is 0 Å². The van der Waals surface area contributed by atoms with E-state index in [1.54, 1.807) is 0 Å². The van der Waals surface area contributed by atoms with E-state index in [2.05, 4.69) is 5.32 Å². The predicted molar refractivity (Wildman–Crippen MR) is 49.7 cm³/mol. The molecule has 0 bridgehead atoms. The smallest absolute Gasteiger partial charge is 0.326 e. The van der Waals surface area contributed by atoms with Crippen molar-refractivity contribution in [1.29, 1.82) is 0 Å². The van der Waals surface area contributed by atoms with Gasteiger partial charge in [0.05, 0.1) is 12.6 Å². The van der Waals surface area contributed by atoms with Gasteiger partial charge in [0.2, 0.25) is 5.91 Å². The van der Waals surface area contributed by atoms with Gasteiger partial charge in [0.15, 0.2) is 0 Å². The Hall–Kier alpha value is -1.14. The molecular formula is C8H16N2O4. The normalized spacial score (nSPS) is 17.1. The third-order valence-corrected chi connectivity index (χ3v) is 1.87. The number of nitrogens with one attached hydrogen (secondary N) is 1. The van der Waals surface area contributed by atoms with Gasteiger partial charge in [-0.3, -0.25) is 14.9 Å². The molecule has 6 nitrogen and oxygen atoms in total. The molecule has 0 aromatic carbocycles. The number of nitrogens with two attached hydrogens (primary N) is 1. The summed E-state index contributed by atoms with van der Waals surface area (Å²) in [4.78, 5) is 21.6. The molecule has 0 aliphatic carbocycles. The molecule has 0 aliphatic heterocycles. The van der Waals surface area contributed by atoms with E-state index in [-0.39, 0.29) is 6.61 Å².